The number of hydrogen-bond donors (Lipinski definition) is 1. The van der Waals surface area contributed by atoms with Crippen molar-refractivity contribution in [1.29, 1.82) is 0 Å². The molecule has 0 aromatic carbocycles. The number of sulfonamides is 1. The maximum Gasteiger partial charge on any atom is 0.243 e. The predicted octanol–water partition coefficient (Wildman–Crippen LogP) is 1.19. The van der Waals surface area contributed by atoms with Gasteiger partial charge in [0.1, 0.15) is 0 Å². The minimum Gasteiger partial charge on any atom is -0.326 e. The minimum absolute atomic E-state index is 0.349. The van der Waals surface area contributed by atoms with Crippen LogP contribution in [0.3, 0.4) is 0 Å². The number of rotatable bonds is 6. The Labute approximate surface area is 105 Å². The molecule has 7 heteroatoms. The van der Waals surface area contributed by atoms with Crippen LogP contribution >= 0.6 is 23.1 Å². The second-order valence-corrected chi connectivity index (χ2v) is 7.30. The van der Waals surface area contributed by atoms with Gasteiger partial charge in [0.2, 0.25) is 10.0 Å². The summed E-state index contributed by atoms with van der Waals surface area (Å²) >= 11 is 3.01. The zero-order chi connectivity index (χ0) is 12.2. The van der Waals surface area contributed by atoms with Gasteiger partial charge < -0.3 is 5.73 Å². The van der Waals surface area contributed by atoms with Crippen LogP contribution in [-0.2, 0) is 16.6 Å². The third-order valence-corrected chi connectivity index (χ3v) is 5.68. The number of nitrogens with two attached hydrogens (primary N) is 1. The van der Waals surface area contributed by atoms with Crippen LogP contribution in [0.2, 0.25) is 0 Å². The van der Waals surface area contributed by atoms with Gasteiger partial charge in [-0.05, 0) is 12.3 Å². The Hall–Kier alpha value is -0.0800. The molecule has 0 saturated carbocycles. The smallest absolute Gasteiger partial charge is 0.243 e. The summed E-state index contributed by atoms with van der Waals surface area (Å²) in [6.07, 6.45) is 1.96. The van der Waals surface area contributed by atoms with Gasteiger partial charge in [-0.1, -0.05) is 0 Å². The van der Waals surface area contributed by atoms with Crippen molar-refractivity contribution in [2.75, 3.05) is 25.6 Å². The molecule has 0 saturated heterocycles. The highest BCUT2D eigenvalue weighted by Crippen LogP contribution is 2.21. The number of nitrogens with zero attached hydrogens (tertiary/aromatic N) is 1. The van der Waals surface area contributed by atoms with Crippen molar-refractivity contribution >= 4 is 33.1 Å². The lowest BCUT2D eigenvalue weighted by Gasteiger charge is -2.15. The topological polar surface area (TPSA) is 63.4 Å². The van der Waals surface area contributed by atoms with Crippen molar-refractivity contribution in [1.82, 2.24) is 4.31 Å². The first-order valence-electron chi connectivity index (χ1n) is 4.75. The van der Waals surface area contributed by atoms with Gasteiger partial charge >= 0.3 is 0 Å². The highest BCUT2D eigenvalue weighted by Gasteiger charge is 2.21. The molecule has 0 amide bonds. The van der Waals surface area contributed by atoms with Gasteiger partial charge in [-0.15, -0.1) is 11.3 Å². The summed E-state index contributed by atoms with van der Waals surface area (Å²) in [7, 11) is -1.72. The van der Waals surface area contributed by atoms with E-state index in [1.165, 1.54) is 15.6 Å². The van der Waals surface area contributed by atoms with Crippen LogP contribution in [0, 0.1) is 0 Å². The maximum absolute atomic E-state index is 12.0. The van der Waals surface area contributed by atoms with Crippen LogP contribution < -0.4 is 5.73 Å². The summed E-state index contributed by atoms with van der Waals surface area (Å²) in [6.45, 7) is 0.909. The summed E-state index contributed by atoms with van der Waals surface area (Å²) in [5.41, 5.74) is 5.46. The van der Waals surface area contributed by atoms with Crippen molar-refractivity contribution < 1.29 is 8.42 Å². The number of thiophene rings is 1. The van der Waals surface area contributed by atoms with Crippen molar-refractivity contribution in [3.8, 4) is 0 Å². The molecule has 0 bridgehead atoms. The third kappa shape index (κ3) is 3.21. The van der Waals surface area contributed by atoms with E-state index < -0.39 is 10.0 Å². The molecule has 1 rings (SSSR count). The first kappa shape index (κ1) is 14.0. The van der Waals surface area contributed by atoms with Crippen LogP contribution in [-0.4, -0.2) is 38.3 Å². The fourth-order valence-corrected chi connectivity index (χ4v) is 4.01. The van der Waals surface area contributed by atoms with Gasteiger partial charge in [0.05, 0.1) is 4.90 Å². The monoisotopic (exact) mass is 280 g/mol. The predicted molar refractivity (Wildman–Crippen MR) is 70.4 cm³/mol. The third-order valence-electron chi connectivity index (χ3n) is 2.15. The van der Waals surface area contributed by atoms with E-state index in [9.17, 15) is 8.42 Å². The summed E-state index contributed by atoms with van der Waals surface area (Å²) < 4.78 is 25.5. The highest BCUT2D eigenvalue weighted by molar-refractivity contribution is 7.98. The molecule has 0 aliphatic carbocycles. The highest BCUT2D eigenvalue weighted by atomic mass is 32.2. The standard InChI is InChI=1S/C9H16N2O2S3/c1-11(3-4-14-2)16(12,13)9-5-8(6-10)15-7-9/h5,7H,3-4,6,10H2,1-2H3. The van der Waals surface area contributed by atoms with E-state index in [2.05, 4.69) is 0 Å². The molecule has 0 aliphatic heterocycles. The maximum atomic E-state index is 12.0. The van der Waals surface area contributed by atoms with Crippen LogP contribution in [0.5, 0.6) is 0 Å². The molecule has 16 heavy (non-hydrogen) atoms. The average Bonchev–Trinajstić information content (AvgIpc) is 2.74. The molecule has 0 spiro atoms. The molecule has 0 unspecified atom stereocenters. The van der Waals surface area contributed by atoms with Crippen molar-refractivity contribution in [3.05, 3.63) is 16.3 Å². The molecular formula is C9H16N2O2S3. The van der Waals surface area contributed by atoms with E-state index >= 15 is 0 Å². The first-order valence-corrected chi connectivity index (χ1v) is 8.46. The largest absolute Gasteiger partial charge is 0.326 e. The zero-order valence-corrected chi connectivity index (χ0v) is 11.8. The van der Waals surface area contributed by atoms with Gasteiger partial charge in [0.15, 0.2) is 0 Å². The van der Waals surface area contributed by atoms with E-state index in [1.54, 1.807) is 30.3 Å². The Morgan fingerprint density at radius 1 is 1.56 bits per heavy atom. The summed E-state index contributed by atoms with van der Waals surface area (Å²) in [5, 5.41) is 1.65. The fourth-order valence-electron chi connectivity index (χ4n) is 1.12. The van der Waals surface area contributed by atoms with E-state index in [0.717, 1.165) is 10.6 Å². The Morgan fingerprint density at radius 3 is 2.75 bits per heavy atom. The van der Waals surface area contributed by atoms with Gasteiger partial charge in [0.25, 0.3) is 0 Å². The fraction of sp³-hybridized carbons (Fsp3) is 0.556. The van der Waals surface area contributed by atoms with Crippen LogP contribution in [0.25, 0.3) is 0 Å². The quantitative estimate of drug-likeness (QED) is 0.850. The lowest BCUT2D eigenvalue weighted by Crippen LogP contribution is -2.28. The summed E-state index contributed by atoms with van der Waals surface area (Å²) in [6, 6.07) is 1.65. The zero-order valence-electron chi connectivity index (χ0n) is 9.34. The average molecular weight is 280 g/mol. The Bertz CT molecular complexity index is 428. The summed E-state index contributed by atoms with van der Waals surface area (Å²) in [4.78, 5) is 1.23. The van der Waals surface area contributed by atoms with Crippen molar-refractivity contribution in [3.63, 3.8) is 0 Å². The number of thioether (sulfide) groups is 1. The van der Waals surface area contributed by atoms with E-state index in [4.69, 9.17) is 5.73 Å². The van der Waals surface area contributed by atoms with Gasteiger partial charge in [0, 0.05) is 36.1 Å². The number of hydrogen-bond acceptors (Lipinski definition) is 5. The Kier molecular flexibility index (Phi) is 5.26. The molecule has 1 aromatic rings. The van der Waals surface area contributed by atoms with Crippen molar-refractivity contribution in [2.45, 2.75) is 11.4 Å². The normalized spacial score (nSPS) is 12.2. The lowest BCUT2D eigenvalue weighted by molar-refractivity contribution is 0.489. The van der Waals surface area contributed by atoms with E-state index in [-0.39, 0.29) is 0 Å². The molecule has 0 aliphatic rings. The Balaban J connectivity index is 2.84. The van der Waals surface area contributed by atoms with Gasteiger partial charge in [-0.3, -0.25) is 0 Å². The molecule has 1 heterocycles. The first-order chi connectivity index (χ1) is 7.52. The van der Waals surface area contributed by atoms with Crippen LogP contribution in [0.15, 0.2) is 16.3 Å². The molecule has 0 radical (unpaired) electrons. The molecular weight excluding hydrogens is 264 g/mol. The van der Waals surface area contributed by atoms with Crippen LogP contribution in [0.4, 0.5) is 0 Å². The van der Waals surface area contributed by atoms with Crippen molar-refractivity contribution in [2.24, 2.45) is 5.73 Å². The molecule has 0 atom stereocenters. The Morgan fingerprint density at radius 2 is 2.25 bits per heavy atom. The van der Waals surface area contributed by atoms with Gasteiger partial charge in [-0.25, -0.2) is 12.7 Å². The summed E-state index contributed by atoms with van der Waals surface area (Å²) in [5.74, 6) is 0.795. The molecule has 2 N–H and O–H groups in total. The van der Waals surface area contributed by atoms with E-state index in [1.807, 2.05) is 6.26 Å². The minimum atomic E-state index is -3.33. The SMILES string of the molecule is CSCCN(C)S(=O)(=O)c1csc(CN)c1. The molecule has 4 nitrogen and oxygen atoms in total. The second kappa shape index (κ2) is 6.02. The molecule has 0 fully saturated rings. The van der Waals surface area contributed by atoms with Gasteiger partial charge in [-0.2, -0.15) is 11.8 Å². The van der Waals surface area contributed by atoms with E-state index in [0.29, 0.717) is 18.0 Å². The second-order valence-electron chi connectivity index (χ2n) is 3.27. The lowest BCUT2D eigenvalue weighted by atomic mass is 10.5. The molecule has 1 aromatic heterocycles. The molecule has 92 valence electrons. The van der Waals surface area contributed by atoms with Crippen LogP contribution in [0.1, 0.15) is 4.88 Å².